The molecule has 322 valence electrons. The summed E-state index contributed by atoms with van der Waals surface area (Å²) < 4.78 is 7.86. The molecule has 2 unspecified atom stereocenters. The van der Waals surface area contributed by atoms with E-state index in [1.807, 2.05) is 70.3 Å². The molecule has 17 nitrogen and oxygen atoms in total. The van der Waals surface area contributed by atoms with Crippen LogP contribution in [-0.4, -0.2) is 132 Å². The lowest BCUT2D eigenvalue weighted by Gasteiger charge is -2.34. The number of hydrogen-bond acceptors (Lipinski definition) is 13. The average molecular weight is 869 g/mol. The first-order valence-corrected chi connectivity index (χ1v) is 21.9. The molecule has 3 saturated heterocycles. The van der Waals surface area contributed by atoms with Crippen molar-refractivity contribution in [2.75, 3.05) is 57.3 Å². The number of para-hydroxylation sites is 1. The lowest BCUT2D eigenvalue weighted by Crippen LogP contribution is -2.54. The van der Waals surface area contributed by atoms with Gasteiger partial charge in [-0.1, -0.05) is 30.3 Å². The van der Waals surface area contributed by atoms with Crippen LogP contribution < -0.4 is 15.8 Å². The molecule has 3 fully saturated rings. The Morgan fingerprint density at radius 2 is 1.63 bits per heavy atom. The molecule has 6 amide bonds. The summed E-state index contributed by atoms with van der Waals surface area (Å²) in [6.45, 7) is 3.88. The minimum absolute atomic E-state index is 0.0334. The Hall–Kier alpha value is -6.92. The monoisotopic (exact) mass is 868 g/mol. The van der Waals surface area contributed by atoms with E-state index in [-0.39, 0.29) is 47.6 Å². The van der Waals surface area contributed by atoms with Crippen LogP contribution in [-0.2, 0) is 19.2 Å². The van der Waals surface area contributed by atoms with Gasteiger partial charge in [-0.15, -0.1) is 11.8 Å². The molecule has 2 aromatic heterocycles. The number of nitrogens with two attached hydrogens (primary N) is 1. The molecule has 3 aromatic carbocycles. The Morgan fingerprint density at radius 3 is 2.41 bits per heavy atom. The molecule has 4 aliphatic heterocycles. The van der Waals surface area contributed by atoms with E-state index in [1.165, 1.54) is 24.2 Å². The number of carbonyl (C=O) groups excluding carboxylic acids is 6. The third-order valence-electron chi connectivity index (χ3n) is 11.8. The number of rotatable bonds is 11. The maximum Gasteiger partial charge on any atom is 0.263 e. The highest BCUT2D eigenvalue weighted by Gasteiger charge is 2.45. The number of piperazine rings is 1. The van der Waals surface area contributed by atoms with Crippen molar-refractivity contribution in [3.05, 3.63) is 102 Å². The molecule has 0 aliphatic carbocycles. The average Bonchev–Trinajstić information content (AvgIpc) is 3.82. The van der Waals surface area contributed by atoms with Crippen LogP contribution in [0.4, 0.5) is 5.82 Å². The molecule has 6 heterocycles. The topological polar surface area (TPSA) is 206 Å². The van der Waals surface area contributed by atoms with Crippen molar-refractivity contribution in [1.82, 2.24) is 44.7 Å². The third kappa shape index (κ3) is 8.50. The van der Waals surface area contributed by atoms with Crippen molar-refractivity contribution in [3.63, 3.8) is 0 Å². The van der Waals surface area contributed by atoms with Crippen molar-refractivity contribution in [2.45, 2.75) is 42.7 Å². The highest BCUT2D eigenvalue weighted by Crippen LogP contribution is 2.36. The zero-order valence-corrected chi connectivity index (χ0v) is 35.0. The van der Waals surface area contributed by atoms with E-state index in [2.05, 4.69) is 20.2 Å². The van der Waals surface area contributed by atoms with Crippen LogP contribution >= 0.6 is 11.8 Å². The van der Waals surface area contributed by atoms with Gasteiger partial charge in [-0.2, -0.15) is 5.10 Å². The van der Waals surface area contributed by atoms with Gasteiger partial charge in [0.15, 0.2) is 5.65 Å². The van der Waals surface area contributed by atoms with Crippen molar-refractivity contribution < 1.29 is 33.5 Å². The summed E-state index contributed by atoms with van der Waals surface area (Å²) in [6.07, 6.45) is 6.63. The second-order valence-electron chi connectivity index (χ2n) is 15.8. The van der Waals surface area contributed by atoms with Gasteiger partial charge in [0.25, 0.3) is 11.8 Å². The largest absolute Gasteiger partial charge is 0.457 e. The standard InChI is InChI=1S/C45H44N10O7S/c46-41-39-40(28-13-15-31(16-14-28)62-30-8-2-1-3-9-30)50-55(42(39)48-27-47-41)29-7-5-20-53(25-29)36(57)12-6-19-51-21-23-52(24-22-51)37(58)26-63-34-11-4-10-32-38(34)45(61)54(44(32)60)33-17-18-35(56)49-43(33)59/h1-4,6,8-16,27,29,33H,5,7,17-26H2,(H2,46,47,48)(H,49,56,59)/b12-6+. The first-order chi connectivity index (χ1) is 30.6. The predicted octanol–water partition coefficient (Wildman–Crippen LogP) is 3.93. The minimum atomic E-state index is -1.06. The summed E-state index contributed by atoms with van der Waals surface area (Å²) in [5, 5.41) is 7.88. The van der Waals surface area contributed by atoms with E-state index in [9.17, 15) is 28.8 Å². The van der Waals surface area contributed by atoms with Crippen LogP contribution in [0.2, 0.25) is 0 Å². The Bertz CT molecular complexity index is 2650. The van der Waals surface area contributed by atoms with Gasteiger partial charge in [-0.25, -0.2) is 14.6 Å². The number of thioether (sulfide) groups is 1. The highest BCUT2D eigenvalue weighted by molar-refractivity contribution is 8.00. The fraction of sp³-hybridized carbons (Fsp3) is 0.311. The highest BCUT2D eigenvalue weighted by atomic mass is 32.2. The Labute approximate surface area is 366 Å². The quantitative estimate of drug-likeness (QED) is 0.110. The van der Waals surface area contributed by atoms with E-state index >= 15 is 0 Å². The first-order valence-electron chi connectivity index (χ1n) is 20.9. The van der Waals surface area contributed by atoms with Crippen molar-refractivity contribution in [1.29, 1.82) is 0 Å². The maximum absolute atomic E-state index is 13.5. The number of benzene rings is 3. The smallest absolute Gasteiger partial charge is 0.263 e. The van der Waals surface area contributed by atoms with Gasteiger partial charge >= 0.3 is 0 Å². The zero-order chi connectivity index (χ0) is 43.6. The number of anilines is 1. The number of fused-ring (bicyclic) bond motifs is 2. The predicted molar refractivity (Wildman–Crippen MR) is 233 cm³/mol. The molecular formula is C45H44N10O7S. The van der Waals surface area contributed by atoms with Crippen molar-refractivity contribution >= 4 is 64.1 Å². The molecule has 0 spiro atoms. The van der Waals surface area contributed by atoms with Crippen LogP contribution in [0.25, 0.3) is 22.3 Å². The summed E-state index contributed by atoms with van der Waals surface area (Å²) in [5.74, 6) is -0.662. The molecule has 0 saturated carbocycles. The van der Waals surface area contributed by atoms with E-state index in [0.717, 1.165) is 29.1 Å². The second-order valence-corrected chi connectivity index (χ2v) is 16.8. The van der Waals surface area contributed by atoms with Gasteiger partial charge in [0.05, 0.1) is 28.3 Å². The number of hydrogen-bond donors (Lipinski definition) is 2. The Kier molecular flexibility index (Phi) is 11.7. The molecular weight excluding hydrogens is 825 g/mol. The van der Waals surface area contributed by atoms with Crippen LogP contribution in [0, 0.1) is 0 Å². The van der Waals surface area contributed by atoms with Crippen LogP contribution in [0.5, 0.6) is 11.5 Å². The van der Waals surface area contributed by atoms with Gasteiger partial charge in [-0.3, -0.25) is 43.9 Å². The fourth-order valence-electron chi connectivity index (χ4n) is 8.53. The van der Waals surface area contributed by atoms with Crippen LogP contribution in [0.15, 0.2) is 96.2 Å². The number of nitrogens with one attached hydrogen (secondary N) is 1. The Balaban J connectivity index is 0.769. The summed E-state index contributed by atoms with van der Waals surface area (Å²) in [4.78, 5) is 93.6. The Morgan fingerprint density at radius 1 is 0.857 bits per heavy atom. The molecule has 63 heavy (non-hydrogen) atoms. The molecule has 0 radical (unpaired) electrons. The summed E-state index contributed by atoms with van der Waals surface area (Å²) in [6, 6.07) is 20.9. The van der Waals surface area contributed by atoms with Gasteiger partial charge < -0.3 is 20.3 Å². The van der Waals surface area contributed by atoms with E-state index in [0.29, 0.717) is 79.0 Å². The zero-order valence-electron chi connectivity index (χ0n) is 34.2. The van der Waals surface area contributed by atoms with Crippen molar-refractivity contribution in [2.24, 2.45) is 0 Å². The van der Waals surface area contributed by atoms with Gasteiger partial charge in [-0.05, 0) is 67.8 Å². The molecule has 3 N–H and O–H groups in total. The van der Waals surface area contributed by atoms with Gasteiger partial charge in [0.1, 0.15) is 35.4 Å². The number of nitrogen functional groups attached to an aromatic ring is 1. The number of ether oxygens (including phenoxy) is 1. The lowest BCUT2D eigenvalue weighted by atomic mass is 10.0. The van der Waals surface area contributed by atoms with E-state index in [1.54, 1.807) is 23.1 Å². The number of amides is 6. The number of likely N-dealkylation sites (tertiary alicyclic amines) is 1. The van der Waals surface area contributed by atoms with E-state index in [4.69, 9.17) is 15.6 Å². The molecule has 2 atom stereocenters. The summed E-state index contributed by atoms with van der Waals surface area (Å²) in [5.41, 5.74) is 8.87. The second kappa shape index (κ2) is 17.8. The third-order valence-corrected chi connectivity index (χ3v) is 12.9. The number of imide groups is 2. The van der Waals surface area contributed by atoms with Crippen LogP contribution in [0.1, 0.15) is 52.4 Å². The normalized spacial score (nSPS) is 19.5. The van der Waals surface area contributed by atoms with Gasteiger partial charge in [0.2, 0.25) is 23.6 Å². The number of aromatic nitrogens is 4. The fourth-order valence-corrected chi connectivity index (χ4v) is 9.51. The molecule has 9 rings (SSSR count). The molecule has 4 aliphatic rings. The first kappa shape index (κ1) is 41.4. The summed E-state index contributed by atoms with van der Waals surface area (Å²) >= 11 is 1.18. The van der Waals surface area contributed by atoms with Gasteiger partial charge in [0, 0.05) is 68.8 Å². The molecule has 0 bridgehead atoms. The minimum Gasteiger partial charge on any atom is -0.457 e. The number of carbonyl (C=O) groups is 6. The molecule has 5 aromatic rings. The number of piperidine rings is 2. The SMILES string of the molecule is Nc1ncnc2c1c(-c1ccc(Oc3ccccc3)cc1)nn2C1CCCN(C(=O)/C=C/CN2CCN(C(=O)CSc3cccc4c3C(=O)N(C3CCC(=O)NC3=O)C4=O)CC2)C1. The molecule has 18 heteroatoms. The summed E-state index contributed by atoms with van der Waals surface area (Å²) in [7, 11) is 0. The van der Waals surface area contributed by atoms with Crippen molar-refractivity contribution in [3.8, 4) is 22.8 Å². The number of nitrogens with zero attached hydrogens (tertiary/aromatic N) is 8. The van der Waals surface area contributed by atoms with Crippen LogP contribution in [0.3, 0.4) is 0 Å². The van der Waals surface area contributed by atoms with E-state index < -0.39 is 29.7 Å². The maximum atomic E-state index is 13.5. The lowest BCUT2D eigenvalue weighted by molar-refractivity contribution is -0.136.